The fraction of sp³-hybridized carbons (Fsp3) is 0.250. The molecule has 0 saturated heterocycles. The Balaban J connectivity index is 2.00. The lowest BCUT2D eigenvalue weighted by atomic mass is 10.2. The monoisotopic (exact) mass is 382 g/mol. The Kier molecular flexibility index (Phi) is 5.49. The standard InChI is InChI=1S/C20H22N4O4/c1-12(2)21-20(26)18-23-17(15-7-5-6-10-24(15)18)19(25)22-14-11-13(27-3)8-9-16(14)28-4/h5-12H,1-4H3,(H,21,26)(H,22,25). The van der Waals surface area contributed by atoms with Gasteiger partial charge in [-0.3, -0.25) is 14.0 Å². The molecule has 8 nitrogen and oxygen atoms in total. The first-order chi connectivity index (χ1) is 13.4. The summed E-state index contributed by atoms with van der Waals surface area (Å²) in [6.45, 7) is 3.72. The molecule has 0 bridgehead atoms. The fourth-order valence-corrected chi connectivity index (χ4v) is 2.79. The predicted octanol–water partition coefficient (Wildman–Crippen LogP) is 2.74. The first kappa shape index (κ1) is 19.2. The van der Waals surface area contributed by atoms with E-state index in [1.54, 1.807) is 47.0 Å². The van der Waals surface area contributed by atoms with Crippen LogP contribution in [0.3, 0.4) is 0 Å². The highest BCUT2D eigenvalue weighted by molar-refractivity contribution is 6.09. The van der Waals surface area contributed by atoms with Crippen LogP contribution in [0.15, 0.2) is 42.6 Å². The molecule has 0 unspecified atom stereocenters. The summed E-state index contributed by atoms with van der Waals surface area (Å²) in [5, 5.41) is 5.58. The summed E-state index contributed by atoms with van der Waals surface area (Å²) in [7, 11) is 3.05. The Morgan fingerprint density at radius 3 is 2.54 bits per heavy atom. The van der Waals surface area contributed by atoms with Gasteiger partial charge in [0.1, 0.15) is 11.5 Å². The lowest BCUT2D eigenvalue weighted by Crippen LogP contribution is -2.31. The third kappa shape index (κ3) is 3.75. The van der Waals surface area contributed by atoms with Crippen LogP contribution in [-0.2, 0) is 0 Å². The van der Waals surface area contributed by atoms with Crippen molar-refractivity contribution < 1.29 is 19.1 Å². The minimum atomic E-state index is -0.459. The summed E-state index contributed by atoms with van der Waals surface area (Å²) in [6.07, 6.45) is 1.69. The van der Waals surface area contributed by atoms with Gasteiger partial charge in [0.25, 0.3) is 11.8 Å². The smallest absolute Gasteiger partial charge is 0.287 e. The zero-order chi connectivity index (χ0) is 20.3. The van der Waals surface area contributed by atoms with Crippen molar-refractivity contribution in [2.24, 2.45) is 0 Å². The van der Waals surface area contributed by atoms with Crippen LogP contribution in [0, 0.1) is 0 Å². The number of benzene rings is 1. The highest BCUT2D eigenvalue weighted by Crippen LogP contribution is 2.29. The number of fused-ring (bicyclic) bond motifs is 1. The second kappa shape index (κ2) is 7.99. The van der Waals surface area contributed by atoms with Crippen LogP contribution >= 0.6 is 0 Å². The molecule has 0 fully saturated rings. The number of anilines is 1. The van der Waals surface area contributed by atoms with Crippen molar-refractivity contribution in [1.29, 1.82) is 0 Å². The normalized spacial score (nSPS) is 10.8. The molecule has 0 aliphatic heterocycles. The Labute approximate surface area is 162 Å². The number of nitrogens with one attached hydrogen (secondary N) is 2. The van der Waals surface area contributed by atoms with Gasteiger partial charge in [0, 0.05) is 18.3 Å². The molecular formula is C20H22N4O4. The number of rotatable bonds is 6. The van der Waals surface area contributed by atoms with Gasteiger partial charge >= 0.3 is 0 Å². The molecule has 2 amide bonds. The summed E-state index contributed by atoms with van der Waals surface area (Å²) >= 11 is 0. The van der Waals surface area contributed by atoms with Gasteiger partial charge in [-0.15, -0.1) is 0 Å². The molecule has 2 aromatic heterocycles. The van der Waals surface area contributed by atoms with Crippen LogP contribution in [0.4, 0.5) is 5.69 Å². The Morgan fingerprint density at radius 2 is 1.86 bits per heavy atom. The maximum absolute atomic E-state index is 12.9. The van der Waals surface area contributed by atoms with E-state index in [2.05, 4.69) is 15.6 Å². The van der Waals surface area contributed by atoms with Gasteiger partial charge in [-0.25, -0.2) is 4.98 Å². The zero-order valence-electron chi connectivity index (χ0n) is 16.1. The van der Waals surface area contributed by atoms with Crippen LogP contribution in [0.2, 0.25) is 0 Å². The van der Waals surface area contributed by atoms with Gasteiger partial charge in [-0.2, -0.15) is 0 Å². The number of imidazole rings is 1. The molecule has 0 spiro atoms. The summed E-state index contributed by atoms with van der Waals surface area (Å²) in [5.41, 5.74) is 1.10. The van der Waals surface area contributed by atoms with Gasteiger partial charge in [0.15, 0.2) is 5.69 Å². The van der Waals surface area contributed by atoms with Crippen molar-refractivity contribution in [1.82, 2.24) is 14.7 Å². The molecule has 0 aliphatic carbocycles. The second-order valence-electron chi connectivity index (χ2n) is 6.39. The SMILES string of the molecule is COc1ccc(OC)c(NC(=O)c2nc(C(=O)NC(C)C)n3ccccc23)c1. The maximum atomic E-state index is 12.9. The lowest BCUT2D eigenvalue weighted by molar-refractivity contribution is 0.0932. The van der Waals surface area contributed by atoms with E-state index in [-0.39, 0.29) is 23.5 Å². The second-order valence-corrected chi connectivity index (χ2v) is 6.39. The summed E-state index contributed by atoms with van der Waals surface area (Å²) in [5.74, 6) is 0.387. The number of hydrogen-bond donors (Lipinski definition) is 2. The van der Waals surface area contributed by atoms with E-state index in [0.717, 1.165) is 0 Å². The largest absolute Gasteiger partial charge is 0.497 e. The highest BCUT2D eigenvalue weighted by atomic mass is 16.5. The zero-order valence-corrected chi connectivity index (χ0v) is 16.1. The van der Waals surface area contributed by atoms with Gasteiger partial charge in [0.05, 0.1) is 25.4 Å². The van der Waals surface area contributed by atoms with E-state index < -0.39 is 5.91 Å². The minimum Gasteiger partial charge on any atom is -0.497 e. The van der Waals surface area contributed by atoms with Crippen LogP contribution in [0.5, 0.6) is 11.5 Å². The third-order valence-electron chi connectivity index (χ3n) is 4.04. The first-order valence-corrected chi connectivity index (χ1v) is 8.76. The van der Waals surface area contributed by atoms with Crippen LogP contribution in [0.25, 0.3) is 5.52 Å². The van der Waals surface area contributed by atoms with Gasteiger partial charge in [-0.1, -0.05) is 6.07 Å². The number of hydrogen-bond acceptors (Lipinski definition) is 5. The van der Waals surface area contributed by atoms with E-state index in [0.29, 0.717) is 22.7 Å². The number of pyridine rings is 1. The average molecular weight is 382 g/mol. The summed E-state index contributed by atoms with van der Waals surface area (Å²) in [6, 6.07) is 10.3. The van der Waals surface area contributed by atoms with E-state index in [4.69, 9.17) is 9.47 Å². The molecular weight excluding hydrogens is 360 g/mol. The highest BCUT2D eigenvalue weighted by Gasteiger charge is 2.22. The fourth-order valence-electron chi connectivity index (χ4n) is 2.79. The number of carbonyl (C=O) groups is 2. The predicted molar refractivity (Wildman–Crippen MR) is 105 cm³/mol. The molecule has 0 saturated carbocycles. The minimum absolute atomic E-state index is 0.0538. The molecule has 3 aromatic rings. The Morgan fingerprint density at radius 1 is 1.07 bits per heavy atom. The van der Waals surface area contributed by atoms with Crippen molar-refractivity contribution in [2.75, 3.05) is 19.5 Å². The Bertz CT molecular complexity index is 1030. The van der Waals surface area contributed by atoms with Crippen molar-refractivity contribution in [3.05, 3.63) is 54.1 Å². The van der Waals surface area contributed by atoms with Gasteiger partial charge in [0.2, 0.25) is 5.82 Å². The van der Waals surface area contributed by atoms with E-state index >= 15 is 0 Å². The van der Waals surface area contributed by atoms with Crippen molar-refractivity contribution >= 4 is 23.0 Å². The van der Waals surface area contributed by atoms with Crippen molar-refractivity contribution in [3.8, 4) is 11.5 Å². The van der Waals surface area contributed by atoms with Gasteiger partial charge in [-0.05, 0) is 38.1 Å². The molecule has 2 N–H and O–H groups in total. The summed E-state index contributed by atoms with van der Waals surface area (Å²) < 4.78 is 12.1. The Hall–Kier alpha value is -3.55. The molecule has 28 heavy (non-hydrogen) atoms. The molecule has 0 radical (unpaired) electrons. The average Bonchev–Trinajstić information content (AvgIpc) is 3.07. The van der Waals surface area contributed by atoms with Crippen LogP contribution in [0.1, 0.15) is 35.0 Å². The van der Waals surface area contributed by atoms with E-state index in [1.165, 1.54) is 14.2 Å². The van der Waals surface area contributed by atoms with Crippen LogP contribution in [-0.4, -0.2) is 41.5 Å². The molecule has 0 aliphatic rings. The molecule has 2 heterocycles. The van der Waals surface area contributed by atoms with Crippen LogP contribution < -0.4 is 20.1 Å². The lowest BCUT2D eigenvalue weighted by Gasteiger charge is -2.11. The van der Waals surface area contributed by atoms with E-state index in [9.17, 15) is 9.59 Å². The molecule has 146 valence electrons. The number of methoxy groups -OCH3 is 2. The van der Waals surface area contributed by atoms with Crippen molar-refractivity contribution in [3.63, 3.8) is 0 Å². The topological polar surface area (TPSA) is 94.0 Å². The number of nitrogens with zero attached hydrogens (tertiary/aromatic N) is 2. The maximum Gasteiger partial charge on any atom is 0.287 e. The molecule has 8 heteroatoms. The molecule has 0 atom stereocenters. The number of aromatic nitrogens is 2. The van der Waals surface area contributed by atoms with Crippen molar-refractivity contribution in [2.45, 2.75) is 19.9 Å². The van der Waals surface area contributed by atoms with E-state index in [1.807, 2.05) is 13.8 Å². The quantitative estimate of drug-likeness (QED) is 0.684. The number of carbonyl (C=O) groups excluding carboxylic acids is 2. The molecule has 3 rings (SSSR count). The third-order valence-corrected chi connectivity index (χ3v) is 4.04. The summed E-state index contributed by atoms with van der Waals surface area (Å²) in [4.78, 5) is 29.7. The number of amides is 2. The number of ether oxygens (including phenoxy) is 2. The first-order valence-electron chi connectivity index (χ1n) is 8.76. The molecule has 1 aromatic carbocycles. The van der Waals surface area contributed by atoms with Gasteiger partial charge < -0.3 is 20.1 Å².